The lowest BCUT2D eigenvalue weighted by Crippen LogP contribution is -2.18. The molecular weight excluding hydrogens is 322 g/mol. The van der Waals surface area contributed by atoms with Gasteiger partial charge in [-0.05, 0) is 32.1 Å². The molecule has 0 radical (unpaired) electrons. The maximum atomic E-state index is 10.6. The van der Waals surface area contributed by atoms with E-state index in [9.17, 15) is 4.79 Å². The molecule has 0 bridgehead atoms. The molecule has 0 aromatic heterocycles. The molecule has 0 aliphatic rings. The molecule has 0 unspecified atom stereocenters. The van der Waals surface area contributed by atoms with Gasteiger partial charge in [-0.3, -0.25) is 4.79 Å². The zero-order chi connectivity index (χ0) is 19.1. The number of hydrogen-bond donors (Lipinski definition) is 1. The van der Waals surface area contributed by atoms with Crippen LogP contribution in [0, 0.1) is 0 Å². The molecule has 26 heavy (non-hydrogen) atoms. The Morgan fingerprint density at radius 2 is 1.12 bits per heavy atom. The molecule has 3 nitrogen and oxygen atoms in total. The minimum Gasteiger partial charge on any atom is -0.371 e. The quantitative estimate of drug-likeness (QED) is 0.140. The molecule has 0 saturated heterocycles. The van der Waals surface area contributed by atoms with Crippen molar-refractivity contribution < 1.29 is 9.63 Å². The molecule has 0 fully saturated rings. The van der Waals surface area contributed by atoms with E-state index in [4.69, 9.17) is 0 Å². The number of hydrogen-bond acceptors (Lipinski definition) is 3. The topological polar surface area (TPSA) is 38.3 Å². The number of unbranched alkanes of at least 4 members (excludes halogenated alkanes) is 15. The van der Waals surface area contributed by atoms with Gasteiger partial charge in [0.2, 0.25) is 0 Å². The zero-order valence-corrected chi connectivity index (χ0v) is 17.7. The Bertz CT molecular complexity index is 315. The Morgan fingerprint density at radius 1 is 0.692 bits per heavy atom. The van der Waals surface area contributed by atoms with Gasteiger partial charge in [-0.25, -0.2) is 0 Å². The molecule has 0 saturated carbocycles. The van der Waals surface area contributed by atoms with E-state index in [2.05, 4.69) is 29.4 Å². The smallest absolute Gasteiger partial charge is 0.321 e. The molecule has 0 aromatic rings. The Morgan fingerprint density at radius 3 is 1.58 bits per heavy atom. The summed E-state index contributed by atoms with van der Waals surface area (Å²) in [5.41, 5.74) is 2.69. The maximum Gasteiger partial charge on any atom is 0.321 e. The molecule has 0 amide bonds. The van der Waals surface area contributed by atoms with E-state index < -0.39 is 0 Å². The number of carbonyl (C=O) groups excluding carboxylic acids is 1. The van der Waals surface area contributed by atoms with Crippen LogP contribution in [0.25, 0.3) is 0 Å². The summed E-state index contributed by atoms with van der Waals surface area (Å²) in [6, 6.07) is 0. The molecule has 0 atom stereocenters. The molecule has 3 heteroatoms. The van der Waals surface area contributed by atoms with Gasteiger partial charge in [-0.2, -0.15) is 5.48 Å². The molecule has 0 aliphatic carbocycles. The van der Waals surface area contributed by atoms with Crippen molar-refractivity contribution in [3.05, 3.63) is 12.2 Å². The third-order valence-corrected chi connectivity index (χ3v) is 4.76. The first kappa shape index (κ1) is 25.2. The fourth-order valence-corrected chi connectivity index (χ4v) is 3.13. The first-order chi connectivity index (χ1) is 12.8. The summed E-state index contributed by atoms with van der Waals surface area (Å²) in [4.78, 5) is 15.2. The first-order valence-electron chi connectivity index (χ1n) is 11.3. The van der Waals surface area contributed by atoms with E-state index in [1.54, 1.807) is 0 Å². The molecule has 0 heterocycles. The molecule has 0 aromatic carbocycles. The van der Waals surface area contributed by atoms with Crippen molar-refractivity contribution in [1.29, 1.82) is 0 Å². The van der Waals surface area contributed by atoms with Crippen LogP contribution in [0.2, 0.25) is 0 Å². The van der Waals surface area contributed by atoms with E-state index >= 15 is 0 Å². The SMILES string of the molecule is CCCCCCCC/C=C\CCCCCCCCCCCNOC(C)=O. The van der Waals surface area contributed by atoms with Crippen LogP contribution in [0.1, 0.15) is 123 Å². The monoisotopic (exact) mass is 367 g/mol. The van der Waals surface area contributed by atoms with Gasteiger partial charge in [-0.1, -0.05) is 96.1 Å². The lowest BCUT2D eigenvalue weighted by Gasteiger charge is -2.04. The van der Waals surface area contributed by atoms with Gasteiger partial charge in [0, 0.05) is 13.5 Å². The Balaban J connectivity index is 3.06. The highest BCUT2D eigenvalue weighted by Gasteiger charge is 1.94. The number of allylic oxidation sites excluding steroid dienone is 2. The fraction of sp³-hybridized carbons (Fsp3) is 0.870. The highest BCUT2D eigenvalue weighted by Crippen LogP contribution is 2.11. The van der Waals surface area contributed by atoms with Gasteiger partial charge in [-0.15, -0.1) is 0 Å². The van der Waals surface area contributed by atoms with Crippen LogP contribution in [0.4, 0.5) is 0 Å². The second-order valence-electron chi connectivity index (χ2n) is 7.49. The summed E-state index contributed by atoms with van der Waals surface area (Å²) in [6.07, 6.45) is 27.5. The lowest BCUT2D eigenvalue weighted by atomic mass is 10.1. The standard InChI is InChI=1S/C23H45NO2/c1-3-4-5-6-7-8-9-10-11-12-13-14-15-16-17-18-19-20-21-22-24-26-23(2)25/h10-11,24H,3-9,12-22H2,1-2H3/b11-10-. The van der Waals surface area contributed by atoms with E-state index in [1.165, 1.54) is 110 Å². The summed E-state index contributed by atoms with van der Waals surface area (Å²) in [5, 5.41) is 0. The Labute approximate surface area is 163 Å². The van der Waals surface area contributed by atoms with Crippen molar-refractivity contribution in [2.24, 2.45) is 0 Å². The number of rotatable bonds is 20. The summed E-state index contributed by atoms with van der Waals surface area (Å²) >= 11 is 0. The second-order valence-corrected chi connectivity index (χ2v) is 7.49. The summed E-state index contributed by atoms with van der Waals surface area (Å²) in [6.45, 7) is 4.46. The van der Waals surface area contributed by atoms with Crippen LogP contribution in [-0.2, 0) is 9.63 Å². The van der Waals surface area contributed by atoms with Crippen LogP contribution >= 0.6 is 0 Å². The third-order valence-electron chi connectivity index (χ3n) is 4.76. The summed E-state index contributed by atoms with van der Waals surface area (Å²) < 4.78 is 0. The van der Waals surface area contributed by atoms with Crippen LogP contribution < -0.4 is 5.48 Å². The van der Waals surface area contributed by atoms with E-state index in [-0.39, 0.29) is 5.97 Å². The Hall–Kier alpha value is -0.830. The predicted octanol–water partition coefficient (Wildman–Crippen LogP) is 7.26. The van der Waals surface area contributed by atoms with Crippen LogP contribution in [0.15, 0.2) is 12.2 Å². The van der Waals surface area contributed by atoms with Gasteiger partial charge < -0.3 is 4.84 Å². The van der Waals surface area contributed by atoms with E-state index in [1.807, 2.05) is 0 Å². The van der Waals surface area contributed by atoms with Crippen molar-refractivity contribution in [3.8, 4) is 0 Å². The molecule has 0 aliphatic heterocycles. The normalized spacial score (nSPS) is 11.3. The highest BCUT2D eigenvalue weighted by atomic mass is 16.7. The molecule has 154 valence electrons. The molecule has 0 rings (SSSR count). The summed E-state index contributed by atoms with van der Waals surface area (Å²) in [5.74, 6) is -0.265. The maximum absolute atomic E-state index is 10.6. The van der Waals surface area contributed by atoms with Crippen molar-refractivity contribution in [2.75, 3.05) is 6.54 Å². The van der Waals surface area contributed by atoms with Crippen LogP contribution in [-0.4, -0.2) is 12.5 Å². The van der Waals surface area contributed by atoms with Crippen LogP contribution in [0.3, 0.4) is 0 Å². The Kier molecular flexibility index (Phi) is 21.5. The number of nitrogens with one attached hydrogen (secondary N) is 1. The average Bonchev–Trinajstić information content (AvgIpc) is 2.62. The molecule has 1 N–H and O–H groups in total. The molecular formula is C23H45NO2. The fourth-order valence-electron chi connectivity index (χ4n) is 3.13. The third kappa shape index (κ3) is 23.2. The largest absolute Gasteiger partial charge is 0.371 e. The van der Waals surface area contributed by atoms with Crippen molar-refractivity contribution in [3.63, 3.8) is 0 Å². The minimum atomic E-state index is -0.265. The van der Waals surface area contributed by atoms with Gasteiger partial charge in [0.05, 0.1) is 0 Å². The highest BCUT2D eigenvalue weighted by molar-refractivity contribution is 5.65. The first-order valence-corrected chi connectivity index (χ1v) is 11.3. The zero-order valence-electron chi connectivity index (χ0n) is 17.7. The predicted molar refractivity (Wildman–Crippen MR) is 113 cm³/mol. The van der Waals surface area contributed by atoms with E-state index in [0.29, 0.717) is 0 Å². The van der Waals surface area contributed by atoms with Gasteiger partial charge in [0.25, 0.3) is 0 Å². The summed E-state index contributed by atoms with van der Waals surface area (Å²) in [7, 11) is 0. The number of hydroxylamine groups is 1. The second kappa shape index (κ2) is 22.2. The van der Waals surface area contributed by atoms with Crippen molar-refractivity contribution in [2.45, 2.75) is 123 Å². The van der Waals surface area contributed by atoms with Crippen molar-refractivity contribution >= 4 is 5.97 Å². The van der Waals surface area contributed by atoms with Gasteiger partial charge in [0.15, 0.2) is 0 Å². The number of carbonyl (C=O) groups is 1. The van der Waals surface area contributed by atoms with E-state index in [0.717, 1.165) is 13.0 Å². The minimum absolute atomic E-state index is 0.265. The van der Waals surface area contributed by atoms with Crippen LogP contribution in [0.5, 0.6) is 0 Å². The van der Waals surface area contributed by atoms with Crippen molar-refractivity contribution in [1.82, 2.24) is 5.48 Å². The molecule has 0 spiro atoms. The average molecular weight is 368 g/mol. The lowest BCUT2D eigenvalue weighted by molar-refractivity contribution is -0.148. The van der Waals surface area contributed by atoms with Gasteiger partial charge >= 0.3 is 5.97 Å². The van der Waals surface area contributed by atoms with Gasteiger partial charge in [0.1, 0.15) is 0 Å².